The van der Waals surface area contributed by atoms with Gasteiger partial charge in [-0.15, -0.1) is 0 Å². The molecule has 16 aromatic rings. The molecular weight excluding hydrogens is 1470 g/mol. The van der Waals surface area contributed by atoms with Crippen LogP contribution in [0, 0.1) is 27.6 Å². The maximum absolute atomic E-state index is 10.2. The van der Waals surface area contributed by atoms with Crippen molar-refractivity contribution in [3.05, 3.63) is 316 Å². The number of rotatable bonds is 10. The Labute approximate surface area is 697 Å². The quantitative estimate of drug-likeness (QED) is 0.146. The van der Waals surface area contributed by atoms with Crippen LogP contribution < -0.4 is 4.74 Å². The van der Waals surface area contributed by atoms with Gasteiger partial charge in [-0.25, -0.2) is 19.3 Å². The Balaban J connectivity index is 0.000000165. The average Bonchev–Trinajstić information content (AvgIpc) is 1.40. The lowest BCUT2D eigenvalue weighted by Crippen LogP contribution is -2.12. The van der Waals surface area contributed by atoms with Crippen LogP contribution in [-0.4, -0.2) is 43.8 Å². The molecule has 0 aliphatic rings. The van der Waals surface area contributed by atoms with Crippen LogP contribution in [0.3, 0.4) is 0 Å². The minimum atomic E-state index is -2.30. The Kier molecular flexibility index (Phi) is 19.4. The number of phenols is 1. The number of benzene rings is 10. The zero-order valence-corrected chi connectivity index (χ0v) is 71.6. The number of hydrogen-bond donors (Lipinski definition) is 1. The standard InChI is InChI=1S/C52H54N4O.C29H28N2O.C23H27BrN2/c1-33-24-39(51(6,7)8)25-34(2)49(33)36-22-23-53-48(26-36)56-46-15-13-12-14-44(46)45-21-20-42(30-47(45)56)57-43-28-40(52(9,10)11)27-41(29-43)55-32-37(31-54-55)35-16-18-38(19-17-35)50(3,4)5;1-18-14-21(29(3,4)5)15-19(2)28(18)20-12-13-30-27(16-20)31-25-9-7-6-8-23(25)24-11-10-22(32)17-26(24)31;1-22(2,3)18-9-7-16(8-10-18)17-14-25-26(15-17)21-12-19(23(4,5)6)11-20(24)13-21/h12-32H,1-11H3;6-17,32H,1-5H3;7-15H,1-6H3/i2*1D3;. The number of aromatic nitrogens is 8. The average molecular weight is 1590 g/mol. The first-order valence-electron chi connectivity index (χ1n) is 42.6. The molecule has 16 rings (SSSR count). The van der Waals surface area contributed by atoms with E-state index in [-0.39, 0.29) is 38.2 Å². The zero-order chi connectivity index (χ0) is 87.2. The molecule has 0 atom stereocenters. The molecule has 11 heteroatoms. The van der Waals surface area contributed by atoms with Gasteiger partial charge in [-0.3, -0.25) is 9.13 Å². The number of nitrogens with zero attached hydrogens (tertiary/aromatic N) is 8. The van der Waals surface area contributed by atoms with Gasteiger partial charge in [0.25, 0.3) is 0 Å². The number of halogens is 1. The van der Waals surface area contributed by atoms with Gasteiger partial charge in [-0.1, -0.05) is 250 Å². The fourth-order valence-electron chi connectivity index (χ4n) is 15.1. The minimum Gasteiger partial charge on any atom is -0.508 e. The van der Waals surface area contributed by atoms with E-state index in [1.165, 1.54) is 22.3 Å². The maximum atomic E-state index is 10.2. The third-order valence-corrected chi connectivity index (χ3v) is 22.3. The molecule has 6 heterocycles. The first-order chi connectivity index (χ1) is 56.6. The van der Waals surface area contributed by atoms with Crippen LogP contribution in [0.2, 0.25) is 0 Å². The maximum Gasteiger partial charge on any atom is 0.138 e. The molecule has 584 valence electrons. The smallest absolute Gasteiger partial charge is 0.138 e. The van der Waals surface area contributed by atoms with Crippen molar-refractivity contribution in [3.8, 4) is 84.8 Å². The normalized spacial score (nSPS) is 13.3. The van der Waals surface area contributed by atoms with Crippen molar-refractivity contribution >= 4 is 59.5 Å². The summed E-state index contributed by atoms with van der Waals surface area (Å²) in [7, 11) is 0. The summed E-state index contributed by atoms with van der Waals surface area (Å²) in [6, 6.07) is 73.8. The van der Waals surface area contributed by atoms with E-state index in [1.807, 2.05) is 125 Å². The summed E-state index contributed by atoms with van der Waals surface area (Å²) in [6.45, 7) is 38.7. The summed E-state index contributed by atoms with van der Waals surface area (Å²) in [5.74, 6) is 2.91. The van der Waals surface area contributed by atoms with Gasteiger partial charge in [0, 0.05) is 88.4 Å². The van der Waals surface area contributed by atoms with E-state index in [0.29, 0.717) is 45.4 Å². The first-order valence-corrected chi connectivity index (χ1v) is 40.4. The number of hydrogen-bond acceptors (Lipinski definition) is 6. The summed E-state index contributed by atoms with van der Waals surface area (Å²) >= 11 is 3.64. The highest BCUT2D eigenvalue weighted by molar-refractivity contribution is 9.10. The van der Waals surface area contributed by atoms with Crippen LogP contribution in [0.25, 0.3) is 111 Å². The Morgan fingerprint density at radius 1 is 0.339 bits per heavy atom. The fraction of sp³-hybridized carbons (Fsp3) is 0.269. The van der Waals surface area contributed by atoms with Crippen molar-refractivity contribution in [2.24, 2.45) is 0 Å². The lowest BCUT2D eigenvalue weighted by atomic mass is 9.83. The highest BCUT2D eigenvalue weighted by atomic mass is 79.9. The van der Waals surface area contributed by atoms with Crippen molar-refractivity contribution < 1.29 is 18.1 Å². The van der Waals surface area contributed by atoms with Crippen molar-refractivity contribution in [1.29, 1.82) is 0 Å². The highest BCUT2D eigenvalue weighted by Crippen LogP contribution is 2.43. The van der Waals surface area contributed by atoms with Crippen LogP contribution in [0.4, 0.5) is 0 Å². The third kappa shape index (κ3) is 17.1. The molecule has 6 aromatic heterocycles. The topological polar surface area (TPSA) is 101 Å². The van der Waals surface area contributed by atoms with E-state index >= 15 is 0 Å². The Morgan fingerprint density at radius 3 is 1.17 bits per heavy atom. The summed E-state index contributed by atoms with van der Waals surface area (Å²) in [5, 5.41) is 23.8. The zero-order valence-electron chi connectivity index (χ0n) is 76.1. The first kappa shape index (κ1) is 72.6. The second kappa shape index (κ2) is 30.7. The number of aromatic hydroxyl groups is 1. The number of pyridine rings is 2. The van der Waals surface area contributed by atoms with Gasteiger partial charge >= 0.3 is 0 Å². The summed E-state index contributed by atoms with van der Waals surface area (Å²) < 4.78 is 66.4. The minimum absolute atomic E-state index is 0.0848. The van der Waals surface area contributed by atoms with Crippen molar-refractivity contribution in [2.75, 3.05) is 0 Å². The van der Waals surface area contributed by atoms with E-state index in [9.17, 15) is 5.11 Å². The molecule has 0 fully saturated rings. The molecule has 115 heavy (non-hydrogen) atoms. The number of fused-ring (bicyclic) bond motifs is 6. The van der Waals surface area contributed by atoms with E-state index < -0.39 is 13.7 Å². The van der Waals surface area contributed by atoms with Gasteiger partial charge in [0.1, 0.15) is 28.9 Å². The monoisotopic (exact) mass is 1590 g/mol. The summed E-state index contributed by atoms with van der Waals surface area (Å²) in [6.07, 6.45) is 11.5. The van der Waals surface area contributed by atoms with Gasteiger partial charge in [0.2, 0.25) is 0 Å². The van der Waals surface area contributed by atoms with Gasteiger partial charge < -0.3 is 9.84 Å². The highest BCUT2D eigenvalue weighted by Gasteiger charge is 2.25. The number of phenolic OH excluding ortho intramolecular Hbond substituents is 1. The Morgan fingerprint density at radius 2 is 0.730 bits per heavy atom. The molecule has 10 nitrogen and oxygen atoms in total. The lowest BCUT2D eigenvalue weighted by Gasteiger charge is -2.22. The number of para-hydroxylation sites is 2. The van der Waals surface area contributed by atoms with Crippen molar-refractivity contribution in [1.82, 2.24) is 38.7 Å². The van der Waals surface area contributed by atoms with E-state index in [0.717, 1.165) is 115 Å². The summed E-state index contributed by atoms with van der Waals surface area (Å²) in [4.78, 5) is 9.55. The van der Waals surface area contributed by atoms with E-state index in [2.05, 4.69) is 289 Å². The summed E-state index contributed by atoms with van der Waals surface area (Å²) in [5.41, 5.74) is 22.6. The Bertz CT molecular complexity index is 6570. The molecule has 0 saturated carbocycles. The second-order valence-electron chi connectivity index (χ2n) is 36.8. The number of ether oxygens (including phenoxy) is 1. The van der Waals surface area contributed by atoms with E-state index in [4.69, 9.17) is 23.0 Å². The molecule has 0 spiro atoms. The Hall–Kier alpha value is -11.4. The SMILES string of the molecule is CC(C)(C)c1ccc(-c2cnn(-c3cc(Br)cc(C(C)(C)C)c3)c2)cc1.[2H]C([2H])([2H])c1cc(C(C)(C)C)cc(C)c1-c1ccnc(-n2c3ccccc3c3ccc(O)cc32)c1.[2H]C([2H])([2H])c1cc(C(C)(C)C)cc(C)c1-c1ccnc(-n2c3ccccc3c3ccc(Oc4cc(-n5cc(-c6ccc(C(C)(C)C)cc6)cn5)cc(C(C)(C)C)c4)cc32)c1. The van der Waals surface area contributed by atoms with Crippen LogP contribution in [0.5, 0.6) is 17.2 Å². The molecule has 0 aliphatic heterocycles. The van der Waals surface area contributed by atoms with Crippen LogP contribution >= 0.6 is 15.9 Å². The van der Waals surface area contributed by atoms with Gasteiger partial charge in [0.15, 0.2) is 0 Å². The fourth-order valence-corrected chi connectivity index (χ4v) is 15.6. The van der Waals surface area contributed by atoms with Crippen molar-refractivity contribution in [2.45, 2.75) is 185 Å². The molecule has 0 bridgehead atoms. The van der Waals surface area contributed by atoms with Crippen LogP contribution in [0.1, 0.15) is 188 Å². The molecule has 0 aliphatic carbocycles. The largest absolute Gasteiger partial charge is 0.508 e. The molecule has 10 aromatic carbocycles. The molecule has 1 N–H and O–H groups in total. The van der Waals surface area contributed by atoms with Gasteiger partial charge in [-0.05, 0) is 240 Å². The third-order valence-electron chi connectivity index (χ3n) is 21.8. The predicted octanol–water partition coefficient (Wildman–Crippen LogP) is 28.4. The lowest BCUT2D eigenvalue weighted by molar-refractivity contribution is 0.476. The van der Waals surface area contributed by atoms with Gasteiger partial charge in [-0.2, -0.15) is 10.2 Å². The van der Waals surface area contributed by atoms with Crippen molar-refractivity contribution in [3.63, 3.8) is 0 Å². The molecule has 0 unspecified atom stereocenters. The molecule has 0 saturated heterocycles. The molecule has 0 amide bonds. The molecular formula is C104H109BrN8O2. The second-order valence-corrected chi connectivity index (χ2v) is 37.8. The van der Waals surface area contributed by atoms with Gasteiger partial charge in [0.05, 0.1) is 45.8 Å². The number of aryl methyl sites for hydroxylation is 4. The van der Waals surface area contributed by atoms with E-state index in [1.54, 1.807) is 24.5 Å². The van der Waals surface area contributed by atoms with Crippen LogP contribution in [0.15, 0.2) is 260 Å². The predicted molar refractivity (Wildman–Crippen MR) is 487 cm³/mol. The molecule has 0 radical (unpaired) electrons. The van der Waals surface area contributed by atoms with Crippen LogP contribution in [-0.2, 0) is 32.5 Å².